The summed E-state index contributed by atoms with van der Waals surface area (Å²) in [4.78, 5) is 0. The summed E-state index contributed by atoms with van der Waals surface area (Å²) in [5.41, 5.74) is 11.0. The molecule has 0 saturated carbocycles. The fourth-order valence-electron chi connectivity index (χ4n) is 0.863. The summed E-state index contributed by atoms with van der Waals surface area (Å²) in [6.45, 7) is 3.47. The molecule has 0 fully saturated rings. The van der Waals surface area contributed by atoms with Gasteiger partial charge in [-0.05, 0) is 6.92 Å². The second-order valence-electron chi connectivity index (χ2n) is 2.73. The van der Waals surface area contributed by atoms with Crippen LogP contribution < -0.4 is 11.5 Å². The van der Waals surface area contributed by atoms with Gasteiger partial charge in [0.05, 0.1) is 0 Å². The van der Waals surface area contributed by atoms with Crippen LogP contribution in [-0.4, -0.2) is 28.9 Å². The van der Waals surface area contributed by atoms with Crippen molar-refractivity contribution in [2.75, 3.05) is 14.2 Å². The maximum Gasteiger partial charge on any atom is 0.502 e. The second-order valence-corrected chi connectivity index (χ2v) is 5.82. The topological polar surface area (TPSA) is 79.7 Å². The number of nitrogens with two attached hydrogens (primary N) is 2. The van der Waals surface area contributed by atoms with Gasteiger partial charge in [0, 0.05) is 20.3 Å². The van der Waals surface area contributed by atoms with Crippen LogP contribution in [0.15, 0.2) is 0 Å². The van der Waals surface area contributed by atoms with E-state index in [1.165, 1.54) is 14.2 Å². The standard InChI is InChI=1S/C6H18N2O3Si/c1-5-12(9-3,10-4)11-6(2,7)8/h5,7-8H2,1-4H3. The fourth-order valence-corrected chi connectivity index (χ4v) is 2.59. The molecule has 0 amide bonds. The Morgan fingerprint density at radius 2 is 1.67 bits per heavy atom. The van der Waals surface area contributed by atoms with E-state index in [0.29, 0.717) is 6.04 Å². The van der Waals surface area contributed by atoms with E-state index in [-0.39, 0.29) is 0 Å². The molecule has 0 atom stereocenters. The molecule has 12 heavy (non-hydrogen) atoms. The molecular formula is C6H18N2O3Si. The molecule has 0 aromatic heterocycles. The van der Waals surface area contributed by atoms with E-state index in [0.717, 1.165) is 0 Å². The largest absolute Gasteiger partial charge is 0.502 e. The second kappa shape index (κ2) is 4.31. The van der Waals surface area contributed by atoms with Crippen molar-refractivity contribution in [3.8, 4) is 0 Å². The van der Waals surface area contributed by atoms with Gasteiger partial charge in [0.25, 0.3) is 0 Å². The Balaban J connectivity index is 4.30. The first-order chi connectivity index (χ1) is 5.39. The molecule has 0 spiro atoms. The predicted molar refractivity (Wildman–Crippen MR) is 48.1 cm³/mol. The first kappa shape index (κ1) is 12.0. The van der Waals surface area contributed by atoms with Gasteiger partial charge < -0.3 is 13.3 Å². The average Bonchev–Trinajstić information content (AvgIpc) is 1.99. The van der Waals surface area contributed by atoms with Gasteiger partial charge in [-0.3, -0.25) is 11.5 Å². The van der Waals surface area contributed by atoms with E-state index >= 15 is 0 Å². The van der Waals surface area contributed by atoms with Crippen LogP contribution in [-0.2, 0) is 13.3 Å². The highest BCUT2D eigenvalue weighted by molar-refractivity contribution is 6.60. The molecule has 6 heteroatoms. The summed E-state index contributed by atoms with van der Waals surface area (Å²) in [5.74, 6) is -1.20. The summed E-state index contributed by atoms with van der Waals surface area (Å²) < 4.78 is 15.6. The van der Waals surface area contributed by atoms with Crippen LogP contribution in [0.2, 0.25) is 6.04 Å². The van der Waals surface area contributed by atoms with Crippen LogP contribution in [0.5, 0.6) is 0 Å². The van der Waals surface area contributed by atoms with Crippen molar-refractivity contribution in [1.82, 2.24) is 0 Å². The highest BCUT2D eigenvalue weighted by atomic mass is 28.4. The minimum Gasteiger partial charge on any atom is -0.377 e. The van der Waals surface area contributed by atoms with Crippen molar-refractivity contribution in [2.24, 2.45) is 11.5 Å². The Bertz CT molecular complexity index is 125. The minimum atomic E-state index is -2.60. The highest BCUT2D eigenvalue weighted by Gasteiger charge is 2.41. The van der Waals surface area contributed by atoms with Gasteiger partial charge in [-0.1, -0.05) is 6.92 Å². The van der Waals surface area contributed by atoms with Gasteiger partial charge in [-0.15, -0.1) is 0 Å². The van der Waals surface area contributed by atoms with Crippen LogP contribution in [0, 0.1) is 0 Å². The lowest BCUT2D eigenvalue weighted by Gasteiger charge is -2.32. The highest BCUT2D eigenvalue weighted by Crippen LogP contribution is 2.15. The lowest BCUT2D eigenvalue weighted by molar-refractivity contribution is 0.00240. The lowest BCUT2D eigenvalue weighted by Crippen LogP contribution is -2.59. The zero-order valence-corrected chi connectivity index (χ0v) is 9.09. The lowest BCUT2D eigenvalue weighted by atomic mass is 10.6. The summed E-state index contributed by atoms with van der Waals surface area (Å²) in [5, 5.41) is 0. The molecule has 4 N–H and O–H groups in total. The van der Waals surface area contributed by atoms with E-state index < -0.39 is 14.7 Å². The Labute approximate surface area is 74.3 Å². The van der Waals surface area contributed by atoms with Gasteiger partial charge >= 0.3 is 8.80 Å². The average molecular weight is 194 g/mol. The van der Waals surface area contributed by atoms with Gasteiger partial charge in [0.15, 0.2) is 5.85 Å². The molecule has 5 nitrogen and oxygen atoms in total. The van der Waals surface area contributed by atoms with Crippen LogP contribution in [0.1, 0.15) is 13.8 Å². The molecule has 0 aliphatic carbocycles. The molecule has 0 bridgehead atoms. The number of hydrogen-bond donors (Lipinski definition) is 2. The number of hydrogen-bond acceptors (Lipinski definition) is 5. The third kappa shape index (κ3) is 3.61. The predicted octanol–water partition coefficient (Wildman–Crippen LogP) is -0.154. The summed E-state index contributed by atoms with van der Waals surface area (Å²) in [6.07, 6.45) is 0. The van der Waals surface area contributed by atoms with Crippen molar-refractivity contribution in [3.63, 3.8) is 0 Å². The molecule has 0 unspecified atom stereocenters. The minimum absolute atomic E-state index is 0.643. The van der Waals surface area contributed by atoms with E-state index in [1.807, 2.05) is 6.92 Å². The summed E-state index contributed by atoms with van der Waals surface area (Å²) >= 11 is 0. The third-order valence-electron chi connectivity index (χ3n) is 1.43. The Kier molecular flexibility index (Phi) is 4.31. The van der Waals surface area contributed by atoms with Crippen molar-refractivity contribution in [2.45, 2.75) is 25.7 Å². The van der Waals surface area contributed by atoms with E-state index in [4.69, 9.17) is 24.7 Å². The first-order valence-electron chi connectivity index (χ1n) is 3.77. The van der Waals surface area contributed by atoms with Gasteiger partial charge in [0.2, 0.25) is 0 Å². The molecule has 0 aliphatic rings. The van der Waals surface area contributed by atoms with Gasteiger partial charge in [0.1, 0.15) is 0 Å². The van der Waals surface area contributed by atoms with Crippen LogP contribution >= 0.6 is 0 Å². The van der Waals surface area contributed by atoms with Crippen LogP contribution in [0.3, 0.4) is 0 Å². The molecule has 0 aliphatic heterocycles. The van der Waals surface area contributed by atoms with Crippen molar-refractivity contribution in [3.05, 3.63) is 0 Å². The van der Waals surface area contributed by atoms with Crippen molar-refractivity contribution in [1.29, 1.82) is 0 Å². The zero-order valence-electron chi connectivity index (χ0n) is 8.09. The third-order valence-corrected chi connectivity index (χ3v) is 4.29. The molecule has 74 valence electrons. The molecule has 0 aromatic rings. The van der Waals surface area contributed by atoms with Crippen LogP contribution in [0.4, 0.5) is 0 Å². The van der Waals surface area contributed by atoms with Gasteiger partial charge in [-0.2, -0.15) is 0 Å². The summed E-state index contributed by atoms with van der Waals surface area (Å²) in [6, 6.07) is 0.643. The molecule has 0 aromatic carbocycles. The van der Waals surface area contributed by atoms with Gasteiger partial charge in [-0.25, -0.2) is 0 Å². The van der Waals surface area contributed by atoms with E-state index in [9.17, 15) is 0 Å². The first-order valence-corrected chi connectivity index (χ1v) is 5.70. The van der Waals surface area contributed by atoms with Crippen molar-refractivity contribution < 1.29 is 13.3 Å². The molecule has 0 heterocycles. The molecular weight excluding hydrogens is 176 g/mol. The van der Waals surface area contributed by atoms with E-state index in [2.05, 4.69) is 0 Å². The Morgan fingerprint density at radius 1 is 1.25 bits per heavy atom. The Morgan fingerprint density at radius 3 is 1.75 bits per heavy atom. The maximum atomic E-state index is 5.48. The molecule has 0 radical (unpaired) electrons. The molecule has 0 rings (SSSR count). The maximum absolute atomic E-state index is 5.48. The fraction of sp³-hybridized carbons (Fsp3) is 1.00. The smallest absolute Gasteiger partial charge is 0.377 e. The monoisotopic (exact) mass is 194 g/mol. The SMILES string of the molecule is CC[Si](OC)(OC)OC(C)(N)N. The van der Waals surface area contributed by atoms with Crippen molar-refractivity contribution >= 4 is 8.80 Å². The number of rotatable bonds is 5. The quantitative estimate of drug-likeness (QED) is 0.470. The summed E-state index contributed by atoms with van der Waals surface area (Å²) in [7, 11) is 0.463. The van der Waals surface area contributed by atoms with Crippen LogP contribution in [0.25, 0.3) is 0 Å². The van der Waals surface area contributed by atoms with E-state index in [1.54, 1.807) is 6.92 Å². The zero-order chi connectivity index (χ0) is 9.83. The Hall–Kier alpha value is 0.0169. The molecule has 0 saturated heterocycles. The normalized spacial score (nSPS) is 13.5.